The molecule has 0 N–H and O–H groups in total. The van der Waals surface area contributed by atoms with Gasteiger partial charge in [-0.15, -0.1) is 5.73 Å². The van der Waals surface area contributed by atoms with Crippen LogP contribution in [0.4, 0.5) is 0 Å². The summed E-state index contributed by atoms with van der Waals surface area (Å²) in [6, 6.07) is 0. The van der Waals surface area contributed by atoms with Crippen LogP contribution in [0.5, 0.6) is 0 Å². The van der Waals surface area contributed by atoms with Gasteiger partial charge in [-0.3, -0.25) is 0 Å². The zero-order chi connectivity index (χ0) is 13.6. The molecule has 2 nitrogen and oxygen atoms in total. The van der Waals surface area contributed by atoms with Gasteiger partial charge in [0.1, 0.15) is 6.73 Å². The summed E-state index contributed by atoms with van der Waals surface area (Å²) in [6.45, 7) is 2.28. The van der Waals surface area contributed by atoms with Gasteiger partial charge < -0.3 is 9.64 Å². The maximum absolute atomic E-state index is 5.86. The molecule has 1 aliphatic heterocycles. The Labute approximate surface area is 120 Å². The molecule has 102 valence electrons. The summed E-state index contributed by atoms with van der Waals surface area (Å²) in [5.74, 6) is 0. The summed E-state index contributed by atoms with van der Waals surface area (Å²) in [6.07, 6.45) is 21.0. The monoisotopic (exact) mass is 265 g/mol. The molecule has 2 aliphatic carbocycles. The van der Waals surface area contributed by atoms with Crippen molar-refractivity contribution >= 4 is 0 Å². The predicted octanol–water partition coefficient (Wildman–Crippen LogP) is 3.64. The molecular weight excluding hydrogens is 246 g/mol. The van der Waals surface area contributed by atoms with Gasteiger partial charge in [0.2, 0.25) is 0 Å². The first-order valence-corrected chi connectivity index (χ1v) is 7.11. The van der Waals surface area contributed by atoms with E-state index in [4.69, 9.17) is 4.74 Å². The number of nitrogens with zero attached hydrogens (tertiary/aromatic N) is 1. The lowest BCUT2D eigenvalue weighted by Gasteiger charge is -2.28. The Morgan fingerprint density at radius 1 is 1.10 bits per heavy atom. The van der Waals surface area contributed by atoms with E-state index in [0.29, 0.717) is 13.3 Å². The molecule has 3 rings (SSSR count). The average Bonchev–Trinajstić information content (AvgIpc) is 2.82. The minimum atomic E-state index is 0.645. The summed E-state index contributed by atoms with van der Waals surface area (Å²) in [5.41, 5.74) is 7.02. The first-order valence-electron chi connectivity index (χ1n) is 7.11. The molecule has 0 bridgehead atoms. The lowest BCUT2D eigenvalue weighted by atomic mass is 10.0. The highest BCUT2D eigenvalue weighted by Crippen LogP contribution is 2.21. The van der Waals surface area contributed by atoms with Crippen molar-refractivity contribution in [2.75, 3.05) is 19.9 Å². The number of hydrogen-bond donors (Lipinski definition) is 0. The molecular formula is C18H19NO. The Morgan fingerprint density at radius 2 is 2.10 bits per heavy atom. The van der Waals surface area contributed by atoms with Crippen LogP contribution in [0.15, 0.2) is 77.3 Å². The van der Waals surface area contributed by atoms with Crippen LogP contribution in [0.25, 0.3) is 0 Å². The molecule has 0 unspecified atom stereocenters. The minimum absolute atomic E-state index is 0.645. The summed E-state index contributed by atoms with van der Waals surface area (Å²) in [5, 5.41) is 0. The van der Waals surface area contributed by atoms with E-state index in [0.717, 1.165) is 19.4 Å². The third-order valence-corrected chi connectivity index (χ3v) is 3.64. The van der Waals surface area contributed by atoms with Gasteiger partial charge >= 0.3 is 0 Å². The maximum Gasteiger partial charge on any atom is 0.119 e. The van der Waals surface area contributed by atoms with E-state index in [1.54, 1.807) is 0 Å². The van der Waals surface area contributed by atoms with Gasteiger partial charge in [0.05, 0.1) is 6.61 Å². The van der Waals surface area contributed by atoms with E-state index in [1.807, 2.05) is 12.2 Å². The quantitative estimate of drug-likeness (QED) is 0.671. The molecule has 20 heavy (non-hydrogen) atoms. The van der Waals surface area contributed by atoms with Crippen LogP contribution in [0.3, 0.4) is 0 Å². The van der Waals surface area contributed by atoms with E-state index in [-0.39, 0.29) is 0 Å². The van der Waals surface area contributed by atoms with Crippen LogP contribution in [0.2, 0.25) is 0 Å². The second-order valence-electron chi connectivity index (χ2n) is 5.04. The molecule has 0 saturated carbocycles. The molecule has 0 amide bonds. The fourth-order valence-corrected chi connectivity index (χ4v) is 2.51. The molecule has 0 aromatic heterocycles. The molecule has 0 spiro atoms. The fraction of sp³-hybridized carbons (Fsp3) is 0.278. The number of hydrogen-bond acceptors (Lipinski definition) is 2. The number of ether oxygens (including phenoxy) is 1. The van der Waals surface area contributed by atoms with Gasteiger partial charge in [0, 0.05) is 12.2 Å². The Bertz CT molecular complexity index is 581. The Hall–Kier alpha value is -2.02. The molecule has 2 heteroatoms. The summed E-state index contributed by atoms with van der Waals surface area (Å²) >= 11 is 0. The van der Waals surface area contributed by atoms with Gasteiger partial charge in [0.25, 0.3) is 0 Å². The second-order valence-corrected chi connectivity index (χ2v) is 5.04. The van der Waals surface area contributed by atoms with E-state index < -0.39 is 0 Å². The molecule has 0 fully saturated rings. The Balaban J connectivity index is 1.78. The van der Waals surface area contributed by atoms with Crippen LogP contribution >= 0.6 is 0 Å². The standard InChI is InChI=1S/C18H19NO/c1-2-7-11-18(10-6-1)19-13-12-16-8-4-3-5-9-17(16)14-20-15-19/h1,3,5-11H,2,12-15H2. The van der Waals surface area contributed by atoms with Gasteiger partial charge in [-0.2, -0.15) is 0 Å². The highest BCUT2D eigenvalue weighted by molar-refractivity contribution is 5.38. The van der Waals surface area contributed by atoms with E-state index in [2.05, 4.69) is 53.2 Å². The first kappa shape index (κ1) is 13.0. The smallest absolute Gasteiger partial charge is 0.119 e. The summed E-state index contributed by atoms with van der Waals surface area (Å²) in [7, 11) is 0. The van der Waals surface area contributed by atoms with Gasteiger partial charge in [-0.25, -0.2) is 0 Å². The van der Waals surface area contributed by atoms with Crippen LogP contribution in [-0.4, -0.2) is 24.8 Å². The SMILES string of the molecule is C1=CC=CC2=C(C=1)CCN(C1=CC=CCC=C1)COC2. The number of allylic oxidation sites excluding steroid dienone is 7. The predicted molar refractivity (Wildman–Crippen MR) is 81.9 cm³/mol. The summed E-state index contributed by atoms with van der Waals surface area (Å²) in [4.78, 5) is 2.29. The molecule has 0 atom stereocenters. The lowest BCUT2D eigenvalue weighted by Crippen LogP contribution is -2.29. The van der Waals surface area contributed by atoms with Crippen LogP contribution in [0, 0.1) is 0 Å². The molecule has 1 heterocycles. The van der Waals surface area contributed by atoms with Crippen molar-refractivity contribution < 1.29 is 4.74 Å². The van der Waals surface area contributed by atoms with Crippen molar-refractivity contribution in [1.82, 2.24) is 4.90 Å². The van der Waals surface area contributed by atoms with Crippen molar-refractivity contribution in [2.24, 2.45) is 0 Å². The highest BCUT2D eigenvalue weighted by Gasteiger charge is 2.14. The van der Waals surface area contributed by atoms with Gasteiger partial charge in [-0.1, -0.05) is 30.4 Å². The molecule has 0 radical (unpaired) electrons. The first-order chi connectivity index (χ1) is 9.93. The normalized spacial score (nSPS) is 22.0. The zero-order valence-corrected chi connectivity index (χ0v) is 11.6. The fourth-order valence-electron chi connectivity index (χ4n) is 2.51. The van der Waals surface area contributed by atoms with Gasteiger partial charge in [0.15, 0.2) is 0 Å². The van der Waals surface area contributed by atoms with Crippen molar-refractivity contribution in [3.8, 4) is 0 Å². The molecule has 3 aliphatic rings. The van der Waals surface area contributed by atoms with Crippen molar-refractivity contribution in [3.05, 3.63) is 77.3 Å². The van der Waals surface area contributed by atoms with Crippen LogP contribution in [-0.2, 0) is 4.74 Å². The second kappa shape index (κ2) is 6.42. The van der Waals surface area contributed by atoms with Crippen LogP contribution in [0.1, 0.15) is 12.8 Å². The highest BCUT2D eigenvalue weighted by atomic mass is 16.5. The minimum Gasteiger partial charge on any atom is -0.356 e. The molecule has 0 aromatic rings. The van der Waals surface area contributed by atoms with E-state index in [1.165, 1.54) is 16.8 Å². The van der Waals surface area contributed by atoms with E-state index in [9.17, 15) is 0 Å². The topological polar surface area (TPSA) is 12.5 Å². The molecule has 0 saturated heterocycles. The Kier molecular flexibility index (Phi) is 4.17. The number of rotatable bonds is 1. The zero-order valence-electron chi connectivity index (χ0n) is 11.6. The van der Waals surface area contributed by atoms with Gasteiger partial charge in [-0.05, 0) is 48.3 Å². The largest absolute Gasteiger partial charge is 0.356 e. The van der Waals surface area contributed by atoms with E-state index >= 15 is 0 Å². The van der Waals surface area contributed by atoms with Crippen molar-refractivity contribution in [1.29, 1.82) is 0 Å². The van der Waals surface area contributed by atoms with Crippen molar-refractivity contribution in [3.63, 3.8) is 0 Å². The summed E-state index contributed by atoms with van der Waals surface area (Å²) < 4.78 is 5.86. The molecule has 0 aromatic carbocycles. The lowest BCUT2D eigenvalue weighted by molar-refractivity contribution is 0.0606. The van der Waals surface area contributed by atoms with Crippen LogP contribution < -0.4 is 0 Å². The average molecular weight is 265 g/mol. The van der Waals surface area contributed by atoms with Crippen molar-refractivity contribution in [2.45, 2.75) is 12.8 Å². The third-order valence-electron chi connectivity index (χ3n) is 3.64. The third kappa shape index (κ3) is 3.11. The Morgan fingerprint density at radius 3 is 3.10 bits per heavy atom. The maximum atomic E-state index is 5.86.